The normalized spacial score (nSPS) is 12.5. The molecule has 1 atom stereocenters. The highest BCUT2D eigenvalue weighted by molar-refractivity contribution is 9.10. The molecule has 0 aliphatic rings. The molecule has 0 fully saturated rings. The van der Waals surface area contributed by atoms with Crippen LogP contribution in [0.2, 0.25) is 0 Å². The number of carboxylic acid groups (broad SMARTS) is 1. The van der Waals surface area contributed by atoms with Crippen LogP contribution in [0.15, 0.2) is 22.7 Å². The number of benzene rings is 1. The van der Waals surface area contributed by atoms with Crippen LogP contribution in [0, 0.1) is 0 Å². The SMILES string of the molecule is COc1ccc(Br)cc1C(NCCN(C)C)C(=O)O. The summed E-state index contributed by atoms with van der Waals surface area (Å²) in [6.45, 7) is 1.35. The Bertz CT molecular complexity index is 438. The molecule has 0 spiro atoms. The first-order valence-electron chi connectivity index (χ1n) is 5.90. The summed E-state index contributed by atoms with van der Waals surface area (Å²) in [6.07, 6.45) is 0. The van der Waals surface area contributed by atoms with Gasteiger partial charge in [-0.3, -0.25) is 10.1 Å². The molecule has 0 aromatic heterocycles. The van der Waals surface area contributed by atoms with E-state index in [1.165, 1.54) is 7.11 Å². The summed E-state index contributed by atoms with van der Waals surface area (Å²) in [4.78, 5) is 13.4. The van der Waals surface area contributed by atoms with E-state index >= 15 is 0 Å². The smallest absolute Gasteiger partial charge is 0.325 e. The van der Waals surface area contributed by atoms with Gasteiger partial charge in [-0.1, -0.05) is 15.9 Å². The number of carboxylic acids is 1. The molecule has 0 radical (unpaired) electrons. The predicted octanol–water partition coefficient (Wildman–Crippen LogP) is 1.73. The third-order valence-electron chi connectivity index (χ3n) is 2.66. The van der Waals surface area contributed by atoms with E-state index in [9.17, 15) is 9.90 Å². The van der Waals surface area contributed by atoms with Crippen molar-refractivity contribution in [3.8, 4) is 5.75 Å². The van der Waals surface area contributed by atoms with Crippen molar-refractivity contribution in [2.75, 3.05) is 34.3 Å². The molecular formula is C13H19BrN2O3. The summed E-state index contributed by atoms with van der Waals surface area (Å²) in [5, 5.41) is 12.4. The Labute approximate surface area is 121 Å². The zero-order chi connectivity index (χ0) is 14.4. The number of methoxy groups -OCH3 is 1. The quantitative estimate of drug-likeness (QED) is 0.797. The van der Waals surface area contributed by atoms with Gasteiger partial charge in [-0.05, 0) is 32.3 Å². The van der Waals surface area contributed by atoms with Crippen LogP contribution in [0.5, 0.6) is 5.75 Å². The second kappa shape index (κ2) is 7.47. The van der Waals surface area contributed by atoms with E-state index in [1.54, 1.807) is 12.1 Å². The minimum atomic E-state index is -0.921. The van der Waals surface area contributed by atoms with E-state index in [1.807, 2.05) is 25.1 Å². The van der Waals surface area contributed by atoms with Gasteiger partial charge < -0.3 is 14.7 Å². The number of hydrogen-bond donors (Lipinski definition) is 2. The number of likely N-dealkylation sites (N-methyl/N-ethyl adjacent to an activating group) is 1. The first-order chi connectivity index (χ1) is 8.95. The zero-order valence-corrected chi connectivity index (χ0v) is 12.9. The Hall–Kier alpha value is -1.11. The highest BCUT2D eigenvalue weighted by Crippen LogP contribution is 2.28. The van der Waals surface area contributed by atoms with Crippen molar-refractivity contribution in [1.82, 2.24) is 10.2 Å². The monoisotopic (exact) mass is 330 g/mol. The second-order valence-electron chi connectivity index (χ2n) is 4.41. The highest BCUT2D eigenvalue weighted by atomic mass is 79.9. The lowest BCUT2D eigenvalue weighted by Crippen LogP contribution is -2.34. The zero-order valence-electron chi connectivity index (χ0n) is 11.3. The van der Waals surface area contributed by atoms with Gasteiger partial charge >= 0.3 is 5.97 Å². The van der Waals surface area contributed by atoms with E-state index in [0.717, 1.165) is 11.0 Å². The molecule has 0 saturated heterocycles. The highest BCUT2D eigenvalue weighted by Gasteiger charge is 2.23. The third-order valence-corrected chi connectivity index (χ3v) is 3.15. The Morgan fingerprint density at radius 1 is 1.53 bits per heavy atom. The maximum atomic E-state index is 11.4. The van der Waals surface area contributed by atoms with Crippen molar-refractivity contribution >= 4 is 21.9 Å². The molecule has 0 heterocycles. The largest absolute Gasteiger partial charge is 0.496 e. The summed E-state index contributed by atoms with van der Waals surface area (Å²) >= 11 is 3.35. The topological polar surface area (TPSA) is 61.8 Å². The van der Waals surface area contributed by atoms with E-state index in [0.29, 0.717) is 17.9 Å². The van der Waals surface area contributed by atoms with Gasteiger partial charge in [0.05, 0.1) is 7.11 Å². The molecule has 1 rings (SSSR count). The molecule has 106 valence electrons. The molecular weight excluding hydrogens is 312 g/mol. The molecule has 19 heavy (non-hydrogen) atoms. The maximum absolute atomic E-state index is 11.4. The number of rotatable bonds is 7. The summed E-state index contributed by atoms with van der Waals surface area (Å²) in [7, 11) is 5.42. The summed E-state index contributed by atoms with van der Waals surface area (Å²) < 4.78 is 6.05. The van der Waals surface area contributed by atoms with Gasteiger partial charge in [0.1, 0.15) is 11.8 Å². The van der Waals surface area contributed by atoms with Crippen molar-refractivity contribution in [3.63, 3.8) is 0 Å². The van der Waals surface area contributed by atoms with Gasteiger partial charge in [-0.25, -0.2) is 0 Å². The lowest BCUT2D eigenvalue weighted by molar-refractivity contribution is -0.139. The molecule has 0 amide bonds. The molecule has 0 saturated carbocycles. The van der Waals surface area contributed by atoms with Crippen molar-refractivity contribution in [3.05, 3.63) is 28.2 Å². The Morgan fingerprint density at radius 3 is 2.74 bits per heavy atom. The van der Waals surface area contributed by atoms with Crippen molar-refractivity contribution in [2.24, 2.45) is 0 Å². The Balaban J connectivity index is 2.92. The van der Waals surface area contributed by atoms with E-state index < -0.39 is 12.0 Å². The first-order valence-corrected chi connectivity index (χ1v) is 6.69. The Morgan fingerprint density at radius 2 is 2.21 bits per heavy atom. The minimum absolute atomic E-state index is 0.563. The second-order valence-corrected chi connectivity index (χ2v) is 5.33. The summed E-state index contributed by atoms with van der Waals surface area (Å²) in [5.41, 5.74) is 0.614. The molecule has 2 N–H and O–H groups in total. The molecule has 6 heteroatoms. The molecule has 1 unspecified atom stereocenters. The van der Waals surface area contributed by atoms with Crippen LogP contribution < -0.4 is 10.1 Å². The molecule has 1 aromatic carbocycles. The minimum Gasteiger partial charge on any atom is -0.496 e. The van der Waals surface area contributed by atoms with Crippen LogP contribution in [-0.4, -0.2) is 50.3 Å². The van der Waals surface area contributed by atoms with Gasteiger partial charge in [-0.15, -0.1) is 0 Å². The first kappa shape index (κ1) is 15.9. The van der Waals surface area contributed by atoms with Crippen LogP contribution in [-0.2, 0) is 4.79 Å². The predicted molar refractivity (Wildman–Crippen MR) is 77.6 cm³/mol. The van der Waals surface area contributed by atoms with Crippen LogP contribution in [0.1, 0.15) is 11.6 Å². The van der Waals surface area contributed by atoms with E-state index in [2.05, 4.69) is 21.2 Å². The number of ether oxygens (including phenoxy) is 1. The Kier molecular flexibility index (Phi) is 6.27. The average Bonchev–Trinajstić information content (AvgIpc) is 2.34. The number of hydrogen-bond acceptors (Lipinski definition) is 4. The summed E-state index contributed by atoms with van der Waals surface area (Å²) in [6, 6.07) is 4.55. The van der Waals surface area contributed by atoms with E-state index in [4.69, 9.17) is 4.74 Å². The van der Waals surface area contributed by atoms with Crippen LogP contribution in [0.4, 0.5) is 0 Å². The molecule has 0 aliphatic heterocycles. The van der Waals surface area contributed by atoms with Gasteiger partial charge in [0.25, 0.3) is 0 Å². The van der Waals surface area contributed by atoms with Gasteiger partial charge in [0.2, 0.25) is 0 Å². The van der Waals surface area contributed by atoms with Crippen molar-refractivity contribution in [1.29, 1.82) is 0 Å². The fourth-order valence-corrected chi connectivity index (χ4v) is 2.07. The summed E-state index contributed by atoms with van der Waals surface area (Å²) in [5.74, 6) is -0.358. The number of carbonyl (C=O) groups is 1. The number of aliphatic carboxylic acids is 1. The van der Waals surface area contributed by atoms with Crippen molar-refractivity contribution in [2.45, 2.75) is 6.04 Å². The standard InChI is InChI=1S/C13H19BrN2O3/c1-16(2)7-6-15-12(13(17)18)10-8-9(14)4-5-11(10)19-3/h4-5,8,12,15H,6-7H2,1-3H3,(H,17,18). The van der Waals surface area contributed by atoms with Crippen molar-refractivity contribution < 1.29 is 14.6 Å². The third kappa shape index (κ3) is 4.81. The van der Waals surface area contributed by atoms with Gasteiger partial charge in [0.15, 0.2) is 0 Å². The lowest BCUT2D eigenvalue weighted by atomic mass is 10.1. The average molecular weight is 331 g/mol. The fraction of sp³-hybridized carbons (Fsp3) is 0.462. The number of halogens is 1. The van der Waals surface area contributed by atoms with E-state index in [-0.39, 0.29) is 0 Å². The molecule has 0 bridgehead atoms. The molecule has 5 nitrogen and oxygen atoms in total. The molecule has 0 aliphatic carbocycles. The maximum Gasteiger partial charge on any atom is 0.325 e. The lowest BCUT2D eigenvalue weighted by Gasteiger charge is -2.19. The van der Waals surface area contributed by atoms with Crippen LogP contribution >= 0.6 is 15.9 Å². The number of nitrogens with one attached hydrogen (secondary N) is 1. The fourth-order valence-electron chi connectivity index (χ4n) is 1.69. The van der Waals surface area contributed by atoms with Crippen LogP contribution in [0.3, 0.4) is 0 Å². The van der Waals surface area contributed by atoms with Gasteiger partial charge in [-0.2, -0.15) is 0 Å². The van der Waals surface area contributed by atoms with Gasteiger partial charge in [0, 0.05) is 23.1 Å². The number of nitrogens with zero attached hydrogens (tertiary/aromatic N) is 1. The molecule has 1 aromatic rings. The van der Waals surface area contributed by atoms with Crippen LogP contribution in [0.25, 0.3) is 0 Å².